The largest absolute Gasteiger partial charge is 0.490 e. The van der Waals surface area contributed by atoms with E-state index in [2.05, 4.69) is 12.1 Å². The van der Waals surface area contributed by atoms with Crippen LogP contribution in [0.1, 0.15) is 49.1 Å². The minimum Gasteiger partial charge on any atom is -0.490 e. The Balaban J connectivity index is 1.29. The standard InChI is InChI=1S/C30H28F4N2O4/c31-30(32,33)24-2-1-3-25(18-24)36(34)29(39)35-14-15-40-27-17-23(12-13-26(27)35)22-10-8-21(9-11-22)20-6-4-19(5-7-20)16-28(37)38/h1-3,8-13,17-20H,4-7,14-16H2,(H,37,38). The third-order valence-corrected chi connectivity index (χ3v) is 7.65. The molecule has 5 rings (SSSR count). The molecular weight excluding hydrogens is 528 g/mol. The second kappa shape index (κ2) is 11.2. The molecule has 0 saturated heterocycles. The highest BCUT2D eigenvalue weighted by Crippen LogP contribution is 2.40. The minimum absolute atomic E-state index is 0.0357. The molecule has 1 saturated carbocycles. The lowest BCUT2D eigenvalue weighted by molar-refractivity contribution is -0.139. The average molecular weight is 557 g/mol. The third kappa shape index (κ3) is 5.90. The first kappa shape index (κ1) is 27.5. The van der Waals surface area contributed by atoms with Crippen molar-refractivity contribution in [3.63, 3.8) is 0 Å². The van der Waals surface area contributed by atoms with Crippen molar-refractivity contribution in [3.8, 4) is 16.9 Å². The summed E-state index contributed by atoms with van der Waals surface area (Å²) in [4.78, 5) is 25.1. The van der Waals surface area contributed by atoms with E-state index in [1.54, 1.807) is 18.2 Å². The first-order valence-electron chi connectivity index (χ1n) is 13.1. The van der Waals surface area contributed by atoms with Crippen LogP contribution in [0.5, 0.6) is 5.75 Å². The van der Waals surface area contributed by atoms with Crippen LogP contribution in [0.15, 0.2) is 66.7 Å². The van der Waals surface area contributed by atoms with Gasteiger partial charge in [0.2, 0.25) is 0 Å². The van der Waals surface area contributed by atoms with Gasteiger partial charge in [0, 0.05) is 6.42 Å². The lowest BCUT2D eigenvalue weighted by atomic mass is 9.77. The van der Waals surface area contributed by atoms with Gasteiger partial charge in [0.05, 0.1) is 23.5 Å². The van der Waals surface area contributed by atoms with Gasteiger partial charge < -0.3 is 9.84 Å². The third-order valence-electron chi connectivity index (χ3n) is 7.65. The predicted molar refractivity (Wildman–Crippen MR) is 142 cm³/mol. The summed E-state index contributed by atoms with van der Waals surface area (Å²) in [5, 5.41) is 8.74. The zero-order chi connectivity index (χ0) is 28.4. The van der Waals surface area contributed by atoms with Crippen LogP contribution in [-0.2, 0) is 11.0 Å². The maximum absolute atomic E-state index is 15.0. The molecule has 1 N–H and O–H groups in total. The summed E-state index contributed by atoms with van der Waals surface area (Å²) in [6.07, 6.45) is -0.717. The Morgan fingerprint density at radius 2 is 1.65 bits per heavy atom. The van der Waals surface area contributed by atoms with Crippen LogP contribution >= 0.6 is 0 Å². The maximum Gasteiger partial charge on any atom is 0.416 e. The molecule has 40 heavy (non-hydrogen) atoms. The van der Waals surface area contributed by atoms with E-state index in [1.807, 2.05) is 12.1 Å². The molecule has 1 aliphatic heterocycles. The number of halogens is 4. The highest BCUT2D eigenvalue weighted by molar-refractivity contribution is 6.03. The fraction of sp³-hybridized carbons (Fsp3) is 0.333. The number of hydrogen-bond donors (Lipinski definition) is 1. The van der Waals surface area contributed by atoms with Crippen molar-refractivity contribution in [2.45, 2.75) is 44.2 Å². The van der Waals surface area contributed by atoms with E-state index in [4.69, 9.17) is 9.84 Å². The molecular formula is C30H28F4N2O4. The normalized spacial score (nSPS) is 18.9. The number of aliphatic carboxylic acids is 1. The number of carboxylic acids is 1. The number of ether oxygens (including phenoxy) is 1. The Labute approximate surface area is 228 Å². The smallest absolute Gasteiger partial charge is 0.416 e. The average Bonchev–Trinajstić information content (AvgIpc) is 2.95. The van der Waals surface area contributed by atoms with Crippen LogP contribution in [0.3, 0.4) is 0 Å². The van der Waals surface area contributed by atoms with Gasteiger partial charge in [-0.3, -0.25) is 9.69 Å². The van der Waals surface area contributed by atoms with Crippen molar-refractivity contribution in [1.29, 1.82) is 0 Å². The number of hydrogen-bond acceptors (Lipinski definition) is 3. The molecule has 3 aromatic carbocycles. The summed E-state index contributed by atoms with van der Waals surface area (Å²) in [7, 11) is 0. The van der Waals surface area contributed by atoms with Crippen LogP contribution in [0.2, 0.25) is 0 Å². The molecule has 0 atom stereocenters. The van der Waals surface area contributed by atoms with Gasteiger partial charge in [-0.25, -0.2) is 4.79 Å². The van der Waals surface area contributed by atoms with Gasteiger partial charge in [0.15, 0.2) is 0 Å². The minimum atomic E-state index is -4.67. The molecule has 0 radical (unpaired) electrons. The van der Waals surface area contributed by atoms with Gasteiger partial charge >= 0.3 is 18.2 Å². The van der Waals surface area contributed by atoms with Gasteiger partial charge in [-0.1, -0.05) is 40.9 Å². The molecule has 2 aliphatic rings. The molecule has 0 unspecified atom stereocenters. The highest BCUT2D eigenvalue weighted by atomic mass is 19.4. The number of nitrogens with zero attached hydrogens (tertiary/aromatic N) is 2. The van der Waals surface area contributed by atoms with Crippen molar-refractivity contribution in [3.05, 3.63) is 77.9 Å². The number of rotatable bonds is 5. The monoisotopic (exact) mass is 556 g/mol. The Morgan fingerprint density at radius 3 is 2.33 bits per heavy atom. The zero-order valence-corrected chi connectivity index (χ0v) is 21.5. The van der Waals surface area contributed by atoms with E-state index in [9.17, 15) is 27.2 Å². The van der Waals surface area contributed by atoms with Crippen LogP contribution in [-0.4, -0.2) is 30.3 Å². The van der Waals surface area contributed by atoms with E-state index in [0.717, 1.165) is 59.9 Å². The van der Waals surface area contributed by atoms with Gasteiger partial charge in [0.25, 0.3) is 0 Å². The summed E-state index contributed by atoms with van der Waals surface area (Å²) < 4.78 is 59.9. The Hall–Kier alpha value is -4.08. The zero-order valence-electron chi connectivity index (χ0n) is 21.5. The van der Waals surface area contributed by atoms with Crippen LogP contribution in [0, 0.1) is 5.92 Å². The van der Waals surface area contributed by atoms with Crippen molar-refractivity contribution in [2.75, 3.05) is 23.2 Å². The molecule has 1 fully saturated rings. The summed E-state index contributed by atoms with van der Waals surface area (Å²) in [5.41, 5.74) is 1.73. The number of benzene rings is 3. The lowest BCUT2D eigenvalue weighted by Crippen LogP contribution is -2.44. The predicted octanol–water partition coefficient (Wildman–Crippen LogP) is 7.83. The number of urea groups is 1. The van der Waals surface area contributed by atoms with Crippen molar-refractivity contribution < 1.29 is 37.1 Å². The first-order valence-corrected chi connectivity index (χ1v) is 13.1. The number of carbonyl (C=O) groups is 2. The first-order chi connectivity index (χ1) is 19.1. The van der Waals surface area contributed by atoms with Crippen molar-refractivity contribution in [2.24, 2.45) is 5.92 Å². The summed E-state index contributed by atoms with van der Waals surface area (Å²) in [5.74, 6) is 0.262. The summed E-state index contributed by atoms with van der Waals surface area (Å²) >= 11 is 0. The van der Waals surface area contributed by atoms with Crippen LogP contribution in [0.4, 0.5) is 33.8 Å². The molecule has 0 bridgehead atoms. The fourth-order valence-corrected chi connectivity index (χ4v) is 5.51. The van der Waals surface area contributed by atoms with Crippen LogP contribution < -0.4 is 14.8 Å². The molecule has 1 aliphatic carbocycles. The van der Waals surface area contributed by atoms with Crippen molar-refractivity contribution >= 4 is 23.4 Å². The topological polar surface area (TPSA) is 70.1 Å². The second-order valence-electron chi connectivity index (χ2n) is 10.2. The molecule has 2 amide bonds. The van der Waals surface area contributed by atoms with Gasteiger partial charge in [-0.05, 0) is 84.5 Å². The molecule has 1 heterocycles. The Morgan fingerprint density at radius 1 is 0.950 bits per heavy atom. The highest BCUT2D eigenvalue weighted by Gasteiger charge is 2.33. The van der Waals surface area contributed by atoms with Crippen molar-refractivity contribution in [1.82, 2.24) is 0 Å². The maximum atomic E-state index is 15.0. The van der Waals surface area contributed by atoms with E-state index in [0.29, 0.717) is 23.4 Å². The van der Waals surface area contributed by atoms with E-state index in [1.165, 1.54) is 5.56 Å². The number of anilines is 2. The van der Waals surface area contributed by atoms with Crippen LogP contribution in [0.25, 0.3) is 11.1 Å². The second-order valence-corrected chi connectivity index (χ2v) is 10.2. The van der Waals surface area contributed by atoms with E-state index >= 15 is 0 Å². The number of carbonyl (C=O) groups excluding carboxylic acids is 1. The molecule has 3 aromatic rings. The lowest BCUT2D eigenvalue weighted by Gasteiger charge is -2.31. The molecule has 0 spiro atoms. The van der Waals surface area contributed by atoms with Gasteiger partial charge in [-0.2, -0.15) is 13.2 Å². The van der Waals surface area contributed by atoms with Gasteiger partial charge in [0.1, 0.15) is 12.4 Å². The Kier molecular flexibility index (Phi) is 7.69. The number of fused-ring (bicyclic) bond motifs is 1. The number of alkyl halides is 3. The van der Waals surface area contributed by atoms with E-state index in [-0.39, 0.29) is 30.6 Å². The quantitative estimate of drug-likeness (QED) is 0.257. The summed E-state index contributed by atoms with van der Waals surface area (Å²) in [6.45, 7) is 0.135. The molecule has 6 nitrogen and oxygen atoms in total. The fourth-order valence-electron chi connectivity index (χ4n) is 5.51. The van der Waals surface area contributed by atoms with E-state index < -0.39 is 29.4 Å². The SMILES string of the molecule is O=C(O)CC1CCC(c2ccc(-c3ccc4c(c3)OCCN4C(=O)N(F)c3cccc(C(F)(F)F)c3)cc2)CC1. The molecule has 10 heteroatoms. The number of amides is 2. The Bertz CT molecular complexity index is 1390. The molecule has 0 aromatic heterocycles. The summed E-state index contributed by atoms with van der Waals surface area (Å²) in [6, 6.07) is 15.8. The number of carboxylic acid groups (broad SMARTS) is 1. The molecule has 210 valence electrons. The van der Waals surface area contributed by atoms with Gasteiger partial charge in [-0.15, -0.1) is 5.12 Å².